The van der Waals surface area contributed by atoms with Gasteiger partial charge in [-0.05, 0) is 30.2 Å². The van der Waals surface area contributed by atoms with Crippen LogP contribution in [0, 0.1) is 6.92 Å². The molecule has 1 aromatic rings. The van der Waals surface area contributed by atoms with Crippen LogP contribution in [-0.2, 0) is 0 Å². The van der Waals surface area contributed by atoms with Gasteiger partial charge in [-0.3, -0.25) is 0 Å². The molecule has 0 amide bonds. The van der Waals surface area contributed by atoms with E-state index in [9.17, 15) is 13.2 Å². The number of nitrogens with two attached hydrogens (primary N) is 1. The summed E-state index contributed by atoms with van der Waals surface area (Å²) >= 11 is 5.67. The zero-order chi connectivity index (χ0) is 11.6. The number of hydrogen-bond acceptors (Lipinski definition) is 1. The zero-order valence-corrected chi connectivity index (χ0v) is 8.86. The molecule has 84 valence electrons. The molecule has 2 N–H and O–H groups in total. The summed E-state index contributed by atoms with van der Waals surface area (Å²) in [6.07, 6.45) is -4.31. The van der Waals surface area contributed by atoms with Gasteiger partial charge in [0.1, 0.15) is 0 Å². The minimum Gasteiger partial charge on any atom is -0.330 e. The molecule has 1 aromatic carbocycles. The highest BCUT2D eigenvalue weighted by molar-refractivity contribution is 6.30. The Kier molecular flexibility index (Phi) is 3.62. The van der Waals surface area contributed by atoms with Crippen LogP contribution in [0.4, 0.5) is 13.2 Å². The van der Waals surface area contributed by atoms with E-state index in [-0.39, 0.29) is 5.56 Å². The molecule has 0 bridgehead atoms. The van der Waals surface area contributed by atoms with Gasteiger partial charge < -0.3 is 5.73 Å². The van der Waals surface area contributed by atoms with Gasteiger partial charge >= 0.3 is 6.18 Å². The third-order valence-corrected chi connectivity index (χ3v) is 2.47. The number of aryl methyl sites for hydroxylation is 1. The van der Waals surface area contributed by atoms with Crippen molar-refractivity contribution in [1.82, 2.24) is 0 Å². The van der Waals surface area contributed by atoms with Gasteiger partial charge in [-0.1, -0.05) is 17.7 Å². The van der Waals surface area contributed by atoms with Gasteiger partial charge in [0.25, 0.3) is 0 Å². The Bertz CT molecular complexity index is 349. The molecule has 1 nitrogen and oxygen atoms in total. The highest BCUT2D eigenvalue weighted by Gasteiger charge is 2.40. The van der Waals surface area contributed by atoms with E-state index in [1.807, 2.05) is 0 Å². The summed E-state index contributed by atoms with van der Waals surface area (Å²) in [5, 5.41) is 0.425. The molecule has 0 heterocycles. The van der Waals surface area contributed by atoms with Crippen LogP contribution >= 0.6 is 11.6 Å². The lowest BCUT2D eigenvalue weighted by Crippen LogP contribution is -2.28. The summed E-state index contributed by atoms with van der Waals surface area (Å²) in [5.74, 6) is -1.62. The molecular weight excluding hydrogens is 227 g/mol. The fourth-order valence-electron chi connectivity index (χ4n) is 1.47. The minimum atomic E-state index is -4.31. The Hall–Kier alpha value is -0.740. The first kappa shape index (κ1) is 12.3. The summed E-state index contributed by atoms with van der Waals surface area (Å²) in [6.45, 7) is 1.14. The van der Waals surface area contributed by atoms with Gasteiger partial charge in [0.2, 0.25) is 0 Å². The van der Waals surface area contributed by atoms with Crippen molar-refractivity contribution in [3.8, 4) is 0 Å². The lowest BCUT2D eigenvalue weighted by molar-refractivity contribution is -0.148. The maximum atomic E-state index is 12.6. The smallest absolute Gasteiger partial charge is 0.330 e. The Labute approximate surface area is 91.0 Å². The van der Waals surface area contributed by atoms with Crippen molar-refractivity contribution in [3.63, 3.8) is 0 Å². The molecule has 5 heteroatoms. The molecule has 15 heavy (non-hydrogen) atoms. The Morgan fingerprint density at radius 3 is 2.40 bits per heavy atom. The lowest BCUT2D eigenvalue weighted by Gasteiger charge is -2.20. The molecule has 0 saturated carbocycles. The monoisotopic (exact) mass is 237 g/mol. The summed E-state index contributed by atoms with van der Waals surface area (Å²) in [4.78, 5) is 0. The van der Waals surface area contributed by atoms with Crippen LogP contribution in [0.5, 0.6) is 0 Å². The standard InChI is InChI=1S/C10H11ClF3N/c1-6-4-7(11)2-3-8(6)9(5-15)10(12,13)14/h2-4,9H,5,15H2,1H3. The van der Waals surface area contributed by atoms with E-state index in [4.69, 9.17) is 17.3 Å². The van der Waals surface area contributed by atoms with Crippen molar-refractivity contribution in [2.45, 2.75) is 19.0 Å². The maximum Gasteiger partial charge on any atom is 0.396 e. The number of halogens is 4. The summed E-state index contributed by atoms with van der Waals surface area (Å²) in [7, 11) is 0. The van der Waals surface area contributed by atoms with E-state index in [0.29, 0.717) is 10.6 Å². The van der Waals surface area contributed by atoms with Gasteiger partial charge in [-0.25, -0.2) is 0 Å². The van der Waals surface area contributed by atoms with Crippen LogP contribution in [0.3, 0.4) is 0 Å². The highest BCUT2D eigenvalue weighted by Crippen LogP contribution is 2.35. The van der Waals surface area contributed by atoms with Crippen molar-refractivity contribution in [3.05, 3.63) is 34.3 Å². The van der Waals surface area contributed by atoms with Crippen molar-refractivity contribution >= 4 is 11.6 Å². The fraction of sp³-hybridized carbons (Fsp3) is 0.400. The molecule has 1 atom stereocenters. The molecule has 0 fully saturated rings. The largest absolute Gasteiger partial charge is 0.396 e. The quantitative estimate of drug-likeness (QED) is 0.840. The lowest BCUT2D eigenvalue weighted by atomic mass is 9.94. The van der Waals surface area contributed by atoms with Crippen molar-refractivity contribution in [1.29, 1.82) is 0 Å². The first-order chi connectivity index (χ1) is 6.86. The number of benzene rings is 1. The minimum absolute atomic E-state index is 0.189. The second-order valence-electron chi connectivity index (χ2n) is 3.33. The maximum absolute atomic E-state index is 12.6. The van der Waals surface area contributed by atoms with Crippen molar-refractivity contribution in [2.24, 2.45) is 5.73 Å². The predicted molar refractivity (Wildman–Crippen MR) is 54.0 cm³/mol. The van der Waals surface area contributed by atoms with Gasteiger partial charge in [0.15, 0.2) is 0 Å². The molecule has 0 saturated heterocycles. The van der Waals surface area contributed by atoms with Crippen LogP contribution < -0.4 is 5.73 Å². The van der Waals surface area contributed by atoms with Gasteiger partial charge in [-0.15, -0.1) is 0 Å². The Morgan fingerprint density at radius 1 is 1.40 bits per heavy atom. The van der Waals surface area contributed by atoms with Crippen LogP contribution in [0.1, 0.15) is 17.0 Å². The van der Waals surface area contributed by atoms with E-state index in [1.165, 1.54) is 18.2 Å². The second kappa shape index (κ2) is 4.41. The molecule has 0 aliphatic carbocycles. The van der Waals surface area contributed by atoms with Gasteiger partial charge in [0, 0.05) is 11.6 Å². The Morgan fingerprint density at radius 2 is 2.00 bits per heavy atom. The molecule has 0 aliphatic rings. The first-order valence-electron chi connectivity index (χ1n) is 4.39. The van der Waals surface area contributed by atoms with Gasteiger partial charge in [-0.2, -0.15) is 13.2 Å². The molecular formula is C10H11ClF3N. The van der Waals surface area contributed by atoms with Crippen LogP contribution in [0.15, 0.2) is 18.2 Å². The normalized spacial score (nSPS) is 14.0. The van der Waals surface area contributed by atoms with Crippen molar-refractivity contribution in [2.75, 3.05) is 6.54 Å². The van der Waals surface area contributed by atoms with E-state index >= 15 is 0 Å². The second-order valence-corrected chi connectivity index (χ2v) is 3.77. The third-order valence-electron chi connectivity index (χ3n) is 2.24. The Balaban J connectivity index is 3.13. The topological polar surface area (TPSA) is 26.0 Å². The molecule has 0 aromatic heterocycles. The first-order valence-corrected chi connectivity index (χ1v) is 4.77. The molecule has 0 radical (unpaired) electrons. The number of alkyl halides is 3. The van der Waals surface area contributed by atoms with Crippen LogP contribution in [0.2, 0.25) is 5.02 Å². The molecule has 0 spiro atoms. The van der Waals surface area contributed by atoms with E-state index < -0.39 is 18.6 Å². The number of hydrogen-bond donors (Lipinski definition) is 1. The predicted octanol–water partition coefficient (Wildman–Crippen LogP) is 3.25. The van der Waals surface area contributed by atoms with Crippen molar-refractivity contribution < 1.29 is 13.2 Å². The average Bonchev–Trinajstić information content (AvgIpc) is 2.07. The van der Waals surface area contributed by atoms with Gasteiger partial charge in [0.05, 0.1) is 5.92 Å². The average molecular weight is 238 g/mol. The number of rotatable bonds is 2. The summed E-state index contributed by atoms with van der Waals surface area (Å²) < 4.78 is 37.7. The van der Waals surface area contributed by atoms with Crippen LogP contribution in [0.25, 0.3) is 0 Å². The third kappa shape index (κ3) is 2.86. The molecule has 1 unspecified atom stereocenters. The summed E-state index contributed by atoms with van der Waals surface area (Å²) in [6, 6.07) is 4.33. The summed E-state index contributed by atoms with van der Waals surface area (Å²) in [5.41, 5.74) is 5.84. The fourth-order valence-corrected chi connectivity index (χ4v) is 1.69. The SMILES string of the molecule is Cc1cc(Cl)ccc1C(CN)C(F)(F)F. The highest BCUT2D eigenvalue weighted by atomic mass is 35.5. The van der Waals surface area contributed by atoms with Crippen LogP contribution in [-0.4, -0.2) is 12.7 Å². The molecule has 1 rings (SSSR count). The molecule has 0 aliphatic heterocycles. The van der Waals surface area contributed by atoms with E-state index in [1.54, 1.807) is 6.92 Å². The zero-order valence-electron chi connectivity index (χ0n) is 8.11. The van der Waals surface area contributed by atoms with E-state index in [2.05, 4.69) is 0 Å². The van der Waals surface area contributed by atoms with E-state index in [0.717, 1.165) is 0 Å².